The molecule has 2 aliphatic heterocycles. The van der Waals surface area contributed by atoms with Crippen LogP contribution in [0.1, 0.15) is 36.8 Å². The molecule has 2 aliphatic rings. The van der Waals surface area contributed by atoms with E-state index >= 15 is 0 Å². The van der Waals surface area contributed by atoms with Crippen LogP contribution in [0.5, 0.6) is 0 Å². The van der Waals surface area contributed by atoms with E-state index in [2.05, 4.69) is 41.8 Å². The van der Waals surface area contributed by atoms with E-state index in [4.69, 9.17) is 4.74 Å². The normalized spacial score (nSPS) is 29.4. The minimum Gasteiger partial charge on any atom is -0.378 e. The first-order chi connectivity index (χ1) is 9.88. The largest absolute Gasteiger partial charge is 0.378 e. The van der Waals surface area contributed by atoms with Gasteiger partial charge in [-0.25, -0.2) is 0 Å². The number of hydrogen-bond acceptors (Lipinski definition) is 3. The molecule has 110 valence electrons. The number of nitrogens with one attached hydrogen (secondary N) is 2. The van der Waals surface area contributed by atoms with Crippen LogP contribution in [0.4, 0.5) is 0 Å². The average molecular weight is 274 g/mol. The van der Waals surface area contributed by atoms with Crippen molar-refractivity contribution in [2.75, 3.05) is 26.2 Å². The van der Waals surface area contributed by atoms with E-state index in [1.54, 1.807) is 0 Å². The second-order valence-electron chi connectivity index (χ2n) is 6.05. The lowest BCUT2D eigenvalue weighted by molar-refractivity contribution is 0.0872. The molecule has 0 saturated carbocycles. The highest BCUT2D eigenvalue weighted by Crippen LogP contribution is 2.25. The summed E-state index contributed by atoms with van der Waals surface area (Å²) in [4.78, 5) is 0. The van der Waals surface area contributed by atoms with E-state index in [9.17, 15) is 0 Å². The maximum Gasteiger partial charge on any atom is 0.0613 e. The summed E-state index contributed by atoms with van der Waals surface area (Å²) in [7, 11) is 0. The number of benzene rings is 1. The van der Waals surface area contributed by atoms with Crippen LogP contribution in [0.3, 0.4) is 0 Å². The van der Waals surface area contributed by atoms with Gasteiger partial charge in [-0.2, -0.15) is 0 Å². The Morgan fingerprint density at radius 2 is 2.20 bits per heavy atom. The van der Waals surface area contributed by atoms with Gasteiger partial charge in [-0.1, -0.05) is 31.2 Å². The molecule has 20 heavy (non-hydrogen) atoms. The van der Waals surface area contributed by atoms with Crippen LogP contribution in [-0.2, 0) is 11.3 Å². The zero-order valence-corrected chi connectivity index (χ0v) is 12.4. The summed E-state index contributed by atoms with van der Waals surface area (Å²) in [5.74, 6) is 1.30. The van der Waals surface area contributed by atoms with Crippen LogP contribution in [0.15, 0.2) is 24.3 Å². The van der Waals surface area contributed by atoms with Crippen molar-refractivity contribution in [1.82, 2.24) is 10.6 Å². The fourth-order valence-electron chi connectivity index (χ4n) is 3.59. The van der Waals surface area contributed by atoms with E-state index in [1.807, 2.05) is 0 Å². The van der Waals surface area contributed by atoms with Gasteiger partial charge in [0.15, 0.2) is 0 Å². The quantitative estimate of drug-likeness (QED) is 0.864. The number of rotatable bonds is 5. The average Bonchev–Trinajstić information content (AvgIpc) is 2.95. The van der Waals surface area contributed by atoms with Crippen LogP contribution < -0.4 is 10.6 Å². The molecule has 1 saturated heterocycles. The van der Waals surface area contributed by atoms with E-state index in [0.29, 0.717) is 17.9 Å². The first-order valence-corrected chi connectivity index (χ1v) is 7.99. The van der Waals surface area contributed by atoms with E-state index in [-0.39, 0.29) is 0 Å². The van der Waals surface area contributed by atoms with Crippen molar-refractivity contribution < 1.29 is 4.74 Å². The van der Waals surface area contributed by atoms with Crippen molar-refractivity contribution in [3.8, 4) is 0 Å². The summed E-state index contributed by atoms with van der Waals surface area (Å²) >= 11 is 0. The van der Waals surface area contributed by atoms with Crippen LogP contribution in [0, 0.1) is 5.92 Å². The Kier molecular flexibility index (Phi) is 4.71. The Morgan fingerprint density at radius 1 is 1.30 bits per heavy atom. The van der Waals surface area contributed by atoms with Gasteiger partial charge in [0.2, 0.25) is 0 Å². The van der Waals surface area contributed by atoms with E-state index < -0.39 is 0 Å². The van der Waals surface area contributed by atoms with Crippen LogP contribution in [0.25, 0.3) is 0 Å². The minimum atomic E-state index is 0.472. The third-order valence-electron chi connectivity index (χ3n) is 4.75. The molecule has 1 fully saturated rings. The summed E-state index contributed by atoms with van der Waals surface area (Å²) in [6.07, 6.45) is 2.82. The summed E-state index contributed by atoms with van der Waals surface area (Å²) in [6, 6.07) is 8.83. The predicted octanol–water partition coefficient (Wildman–Crippen LogP) is 2.28. The Hall–Kier alpha value is -0.900. The predicted molar refractivity (Wildman–Crippen MR) is 81.9 cm³/mol. The lowest BCUT2D eigenvalue weighted by Crippen LogP contribution is -2.37. The van der Waals surface area contributed by atoms with Crippen molar-refractivity contribution in [2.24, 2.45) is 5.92 Å². The fourth-order valence-corrected chi connectivity index (χ4v) is 3.59. The van der Waals surface area contributed by atoms with Gasteiger partial charge in [0.05, 0.1) is 6.10 Å². The van der Waals surface area contributed by atoms with E-state index in [0.717, 1.165) is 39.2 Å². The molecular formula is C17H26N2O. The third-order valence-corrected chi connectivity index (χ3v) is 4.75. The Morgan fingerprint density at radius 3 is 3.10 bits per heavy atom. The topological polar surface area (TPSA) is 33.3 Å². The van der Waals surface area contributed by atoms with E-state index in [1.165, 1.54) is 17.5 Å². The van der Waals surface area contributed by atoms with Gasteiger partial charge in [0.1, 0.15) is 0 Å². The van der Waals surface area contributed by atoms with Gasteiger partial charge in [-0.15, -0.1) is 0 Å². The standard InChI is InChI=1S/C17H26N2O/c1-2-17-14(7-8-20-17)10-19-12-15-11-18-9-13-5-3-4-6-16(13)15/h3-6,14-15,17-19H,2,7-12H2,1H3. The van der Waals surface area contributed by atoms with Gasteiger partial charge in [0.25, 0.3) is 0 Å². The van der Waals surface area contributed by atoms with Crippen LogP contribution >= 0.6 is 0 Å². The summed E-state index contributed by atoms with van der Waals surface area (Å²) in [5.41, 5.74) is 2.98. The Balaban J connectivity index is 1.52. The maximum absolute atomic E-state index is 5.76. The lowest BCUT2D eigenvalue weighted by Gasteiger charge is -2.27. The molecular weight excluding hydrogens is 248 g/mol. The van der Waals surface area contributed by atoms with Crippen molar-refractivity contribution in [1.29, 1.82) is 0 Å². The number of fused-ring (bicyclic) bond motifs is 1. The van der Waals surface area contributed by atoms with Crippen molar-refractivity contribution in [3.05, 3.63) is 35.4 Å². The summed E-state index contributed by atoms with van der Waals surface area (Å²) in [6.45, 7) is 7.43. The molecule has 1 aromatic carbocycles. The molecule has 2 N–H and O–H groups in total. The van der Waals surface area contributed by atoms with Crippen molar-refractivity contribution >= 4 is 0 Å². The molecule has 0 aliphatic carbocycles. The molecule has 0 bridgehead atoms. The molecule has 3 heteroatoms. The molecule has 0 aromatic heterocycles. The smallest absolute Gasteiger partial charge is 0.0613 e. The highest BCUT2D eigenvalue weighted by molar-refractivity contribution is 5.32. The Labute approximate surface area is 122 Å². The molecule has 3 rings (SSSR count). The minimum absolute atomic E-state index is 0.472. The Bertz CT molecular complexity index is 435. The van der Waals surface area contributed by atoms with Crippen molar-refractivity contribution in [2.45, 2.75) is 38.3 Å². The molecule has 3 nitrogen and oxygen atoms in total. The van der Waals surface area contributed by atoms with Crippen molar-refractivity contribution in [3.63, 3.8) is 0 Å². The third kappa shape index (κ3) is 3.05. The zero-order valence-electron chi connectivity index (χ0n) is 12.4. The van der Waals surface area contributed by atoms with Crippen LogP contribution in [-0.4, -0.2) is 32.3 Å². The lowest BCUT2D eigenvalue weighted by atomic mass is 9.90. The van der Waals surface area contributed by atoms with Gasteiger partial charge in [0, 0.05) is 38.7 Å². The second kappa shape index (κ2) is 6.70. The molecule has 0 spiro atoms. The molecule has 3 unspecified atom stereocenters. The first-order valence-electron chi connectivity index (χ1n) is 7.99. The zero-order chi connectivity index (χ0) is 13.8. The highest BCUT2D eigenvalue weighted by atomic mass is 16.5. The SMILES string of the molecule is CCC1OCCC1CNCC1CNCc2ccccc21. The molecule has 2 heterocycles. The molecule has 0 amide bonds. The van der Waals surface area contributed by atoms with Gasteiger partial charge >= 0.3 is 0 Å². The number of ether oxygens (including phenoxy) is 1. The second-order valence-corrected chi connectivity index (χ2v) is 6.05. The van der Waals surface area contributed by atoms with Crippen LogP contribution in [0.2, 0.25) is 0 Å². The van der Waals surface area contributed by atoms with Gasteiger partial charge in [-0.05, 0) is 29.9 Å². The number of hydrogen-bond donors (Lipinski definition) is 2. The molecule has 3 atom stereocenters. The van der Waals surface area contributed by atoms with Gasteiger partial charge in [-0.3, -0.25) is 0 Å². The van der Waals surface area contributed by atoms with Gasteiger partial charge < -0.3 is 15.4 Å². The summed E-state index contributed by atoms with van der Waals surface area (Å²) in [5, 5.41) is 7.21. The highest BCUT2D eigenvalue weighted by Gasteiger charge is 2.26. The maximum atomic E-state index is 5.76. The molecule has 0 radical (unpaired) electrons. The monoisotopic (exact) mass is 274 g/mol. The summed E-state index contributed by atoms with van der Waals surface area (Å²) < 4.78 is 5.76. The molecule has 1 aromatic rings. The fraction of sp³-hybridized carbons (Fsp3) is 0.647. The first kappa shape index (κ1) is 14.1.